The van der Waals surface area contributed by atoms with Gasteiger partial charge < -0.3 is 10.0 Å². The van der Waals surface area contributed by atoms with E-state index in [1.807, 2.05) is 38.3 Å². The molecule has 0 atom stereocenters. The fourth-order valence-corrected chi connectivity index (χ4v) is 3.61. The number of hydrogen-bond donors (Lipinski definition) is 1. The van der Waals surface area contributed by atoms with E-state index in [1.54, 1.807) is 33.2 Å². The molecule has 3 heterocycles. The molecule has 8 heteroatoms. The van der Waals surface area contributed by atoms with E-state index >= 15 is 0 Å². The Bertz CT molecular complexity index is 963. The van der Waals surface area contributed by atoms with Crippen LogP contribution in [0.25, 0.3) is 21.6 Å². The summed E-state index contributed by atoms with van der Waals surface area (Å²) in [6.45, 7) is 6.47. The van der Waals surface area contributed by atoms with Gasteiger partial charge in [0.1, 0.15) is 0 Å². The van der Waals surface area contributed by atoms with Crippen LogP contribution in [0.15, 0.2) is 29.8 Å². The van der Waals surface area contributed by atoms with Crippen LogP contribution in [0, 0.1) is 0 Å². The van der Waals surface area contributed by atoms with Crippen LogP contribution >= 0.6 is 11.3 Å². The Hall–Kier alpha value is -2.74. The Morgan fingerprint density at radius 3 is 2.74 bits per heavy atom. The molecule has 1 amide bonds. The lowest BCUT2D eigenvalue weighted by atomic mass is 10.1. The highest BCUT2D eigenvalue weighted by molar-refractivity contribution is 7.13. The Morgan fingerprint density at radius 2 is 2.15 bits per heavy atom. The number of carbonyl (C=O) groups excluding carboxylic acids is 1. The van der Waals surface area contributed by atoms with Crippen LogP contribution in [0.3, 0.4) is 0 Å². The van der Waals surface area contributed by atoms with Crippen molar-refractivity contribution in [2.75, 3.05) is 13.1 Å². The molecule has 0 aliphatic rings. The number of nitrogens with zero attached hydrogens (tertiary/aromatic N) is 4. The van der Waals surface area contributed by atoms with Gasteiger partial charge in [-0.2, -0.15) is 5.10 Å². The minimum absolute atomic E-state index is 0.0865. The van der Waals surface area contributed by atoms with Crippen molar-refractivity contribution in [2.24, 2.45) is 0 Å². The topological polar surface area (TPSA) is 88.3 Å². The molecule has 3 rings (SSSR count). The average molecular weight is 386 g/mol. The lowest BCUT2D eigenvalue weighted by Gasteiger charge is -2.20. The maximum atomic E-state index is 13.2. The van der Waals surface area contributed by atoms with Crippen molar-refractivity contribution in [1.29, 1.82) is 0 Å². The molecular weight excluding hydrogens is 364 g/mol. The van der Waals surface area contributed by atoms with E-state index in [9.17, 15) is 9.59 Å². The van der Waals surface area contributed by atoms with Gasteiger partial charge in [0, 0.05) is 19.1 Å². The fraction of sp³-hybridized carbons (Fsp3) is 0.368. The Labute approximate surface area is 161 Å². The maximum absolute atomic E-state index is 13.2. The number of pyridine rings is 1. The van der Waals surface area contributed by atoms with Gasteiger partial charge in [-0.1, -0.05) is 6.07 Å². The average Bonchev–Trinajstić information content (AvgIpc) is 3.30. The fourth-order valence-electron chi connectivity index (χ4n) is 2.93. The summed E-state index contributed by atoms with van der Waals surface area (Å²) in [6.07, 6.45) is 1.58. The first-order valence-corrected chi connectivity index (χ1v) is 9.73. The van der Waals surface area contributed by atoms with Crippen LogP contribution in [-0.4, -0.2) is 49.7 Å². The van der Waals surface area contributed by atoms with Gasteiger partial charge in [0.2, 0.25) is 0 Å². The van der Waals surface area contributed by atoms with E-state index in [2.05, 4.69) is 5.10 Å². The standard InChI is InChI=1S/C19H22N4O3S/c1-4-22(8-7-17(24)25)19(26)13-10-15(16-6-5-9-27-16)21-18-14(13)11-20-23(18)12(2)3/h5-6,9-12H,4,7-8H2,1-3H3,(H,24,25). The van der Waals surface area contributed by atoms with Crippen LogP contribution in [0.1, 0.15) is 43.6 Å². The first kappa shape index (κ1) is 19.0. The summed E-state index contributed by atoms with van der Waals surface area (Å²) in [7, 11) is 0. The molecule has 0 radical (unpaired) electrons. The van der Waals surface area contributed by atoms with E-state index in [1.165, 1.54) is 0 Å². The third kappa shape index (κ3) is 3.85. The number of carbonyl (C=O) groups is 2. The minimum Gasteiger partial charge on any atom is -0.481 e. The second kappa shape index (κ2) is 7.87. The van der Waals surface area contributed by atoms with Gasteiger partial charge in [-0.25, -0.2) is 9.67 Å². The van der Waals surface area contributed by atoms with Gasteiger partial charge in [0.15, 0.2) is 5.65 Å². The second-order valence-electron chi connectivity index (χ2n) is 6.48. The van der Waals surface area contributed by atoms with Gasteiger partial charge in [0.25, 0.3) is 5.91 Å². The van der Waals surface area contributed by atoms with Gasteiger partial charge in [-0.3, -0.25) is 9.59 Å². The number of thiophene rings is 1. The van der Waals surface area contributed by atoms with Gasteiger partial charge in [0.05, 0.1) is 34.1 Å². The molecule has 0 aromatic carbocycles. The summed E-state index contributed by atoms with van der Waals surface area (Å²) < 4.78 is 1.80. The Morgan fingerprint density at radius 1 is 1.37 bits per heavy atom. The first-order chi connectivity index (χ1) is 12.9. The van der Waals surface area contributed by atoms with Crippen LogP contribution < -0.4 is 0 Å². The van der Waals surface area contributed by atoms with E-state index in [4.69, 9.17) is 10.1 Å². The Balaban J connectivity index is 2.12. The molecule has 0 fully saturated rings. The molecule has 3 aromatic heterocycles. The number of fused-ring (bicyclic) bond motifs is 1. The smallest absolute Gasteiger partial charge is 0.305 e. The van der Waals surface area contributed by atoms with Crippen molar-refractivity contribution < 1.29 is 14.7 Å². The monoisotopic (exact) mass is 386 g/mol. The zero-order valence-corrected chi connectivity index (χ0v) is 16.4. The molecule has 0 bridgehead atoms. The number of carboxylic acids is 1. The summed E-state index contributed by atoms with van der Waals surface area (Å²) in [5, 5.41) is 16.0. The summed E-state index contributed by atoms with van der Waals surface area (Å²) in [5.41, 5.74) is 1.88. The SMILES string of the molecule is CCN(CCC(=O)O)C(=O)c1cc(-c2cccs2)nc2c1cnn2C(C)C. The number of amides is 1. The normalized spacial score (nSPS) is 11.3. The molecule has 7 nitrogen and oxygen atoms in total. The number of carboxylic acid groups (broad SMARTS) is 1. The molecule has 0 aliphatic carbocycles. The van der Waals surface area contributed by atoms with Crippen LogP contribution in [0.5, 0.6) is 0 Å². The largest absolute Gasteiger partial charge is 0.481 e. The molecule has 0 saturated heterocycles. The number of aromatic nitrogens is 3. The zero-order chi connectivity index (χ0) is 19.6. The van der Waals surface area contributed by atoms with Crippen molar-refractivity contribution in [3.8, 4) is 10.6 Å². The van der Waals surface area contributed by atoms with E-state index in [-0.39, 0.29) is 24.9 Å². The molecule has 0 unspecified atom stereocenters. The first-order valence-electron chi connectivity index (χ1n) is 8.85. The lowest BCUT2D eigenvalue weighted by molar-refractivity contribution is -0.137. The summed E-state index contributed by atoms with van der Waals surface area (Å²) >= 11 is 1.56. The second-order valence-corrected chi connectivity index (χ2v) is 7.43. The van der Waals surface area contributed by atoms with Crippen LogP contribution in [0.2, 0.25) is 0 Å². The quantitative estimate of drug-likeness (QED) is 0.669. The molecule has 0 aliphatic heterocycles. The van der Waals surface area contributed by atoms with Crippen LogP contribution in [-0.2, 0) is 4.79 Å². The summed E-state index contributed by atoms with van der Waals surface area (Å²) in [6, 6.07) is 5.79. The molecule has 1 N–H and O–H groups in total. The number of aliphatic carboxylic acids is 1. The van der Waals surface area contributed by atoms with Gasteiger partial charge in [-0.05, 0) is 38.3 Å². The van der Waals surface area contributed by atoms with Crippen molar-refractivity contribution in [3.63, 3.8) is 0 Å². The maximum Gasteiger partial charge on any atom is 0.305 e. The molecule has 3 aromatic rings. The van der Waals surface area contributed by atoms with E-state index < -0.39 is 5.97 Å². The van der Waals surface area contributed by atoms with Crippen molar-refractivity contribution >= 4 is 34.2 Å². The summed E-state index contributed by atoms with van der Waals surface area (Å²) in [4.78, 5) is 31.4. The number of hydrogen-bond acceptors (Lipinski definition) is 5. The highest BCUT2D eigenvalue weighted by atomic mass is 32.1. The van der Waals surface area contributed by atoms with Crippen molar-refractivity contribution in [2.45, 2.75) is 33.2 Å². The predicted octanol–water partition coefficient (Wildman–Crippen LogP) is 3.68. The molecule has 27 heavy (non-hydrogen) atoms. The predicted molar refractivity (Wildman–Crippen MR) is 105 cm³/mol. The lowest BCUT2D eigenvalue weighted by Crippen LogP contribution is -2.33. The molecular formula is C19H22N4O3S. The number of rotatable bonds is 7. The zero-order valence-electron chi connectivity index (χ0n) is 15.5. The highest BCUT2D eigenvalue weighted by Crippen LogP contribution is 2.29. The van der Waals surface area contributed by atoms with Gasteiger partial charge in [-0.15, -0.1) is 11.3 Å². The molecule has 0 saturated carbocycles. The highest BCUT2D eigenvalue weighted by Gasteiger charge is 2.22. The third-order valence-corrected chi connectivity index (χ3v) is 5.22. The van der Waals surface area contributed by atoms with Gasteiger partial charge >= 0.3 is 5.97 Å². The minimum atomic E-state index is -0.923. The van der Waals surface area contributed by atoms with E-state index in [0.717, 1.165) is 10.6 Å². The molecule has 142 valence electrons. The summed E-state index contributed by atoms with van der Waals surface area (Å²) in [5.74, 6) is -1.12. The van der Waals surface area contributed by atoms with Crippen LogP contribution in [0.4, 0.5) is 0 Å². The van der Waals surface area contributed by atoms with E-state index in [0.29, 0.717) is 23.1 Å². The Kier molecular flexibility index (Phi) is 5.55. The van der Waals surface area contributed by atoms with Crippen molar-refractivity contribution in [3.05, 3.63) is 35.3 Å². The third-order valence-electron chi connectivity index (χ3n) is 4.32. The van der Waals surface area contributed by atoms with Crippen molar-refractivity contribution in [1.82, 2.24) is 19.7 Å². The molecule has 0 spiro atoms.